The lowest BCUT2D eigenvalue weighted by atomic mass is 10.2. The fourth-order valence-corrected chi connectivity index (χ4v) is 4.51. The highest BCUT2D eigenvalue weighted by Gasteiger charge is 2.34. The van der Waals surface area contributed by atoms with Crippen molar-refractivity contribution in [3.05, 3.63) is 61.9 Å². The minimum absolute atomic E-state index is 0.0310. The zero-order valence-corrected chi connectivity index (χ0v) is 20.7. The van der Waals surface area contributed by atoms with Gasteiger partial charge in [-0.05, 0) is 90.0 Å². The molecule has 31 heavy (non-hydrogen) atoms. The average Bonchev–Trinajstić information content (AvgIpc) is 2.97. The van der Waals surface area contributed by atoms with Crippen molar-refractivity contribution in [3.63, 3.8) is 0 Å². The minimum atomic E-state index is -0.464. The Balaban J connectivity index is 1.82. The Kier molecular flexibility index (Phi) is 7.64. The first-order valence-corrected chi connectivity index (χ1v) is 11.5. The van der Waals surface area contributed by atoms with Gasteiger partial charge in [-0.15, -0.1) is 0 Å². The van der Waals surface area contributed by atoms with Crippen molar-refractivity contribution in [2.75, 3.05) is 7.11 Å². The normalized spacial score (nSPS) is 15.0. The van der Waals surface area contributed by atoms with E-state index in [4.69, 9.17) is 33.3 Å². The lowest BCUT2D eigenvalue weighted by molar-refractivity contribution is -0.123. The molecule has 0 spiro atoms. The molecule has 0 saturated carbocycles. The molecule has 2 aromatic rings. The van der Waals surface area contributed by atoms with Crippen molar-refractivity contribution in [2.45, 2.75) is 20.0 Å². The van der Waals surface area contributed by atoms with Gasteiger partial charge in [0.2, 0.25) is 0 Å². The van der Waals surface area contributed by atoms with Crippen molar-refractivity contribution < 1.29 is 19.1 Å². The van der Waals surface area contributed by atoms with Crippen LogP contribution in [-0.2, 0) is 4.79 Å². The molecule has 0 bridgehead atoms. The number of rotatable bonds is 6. The van der Waals surface area contributed by atoms with Gasteiger partial charge < -0.3 is 9.47 Å². The summed E-state index contributed by atoms with van der Waals surface area (Å²) in [6, 6.07) is 9.91. The largest absolute Gasteiger partial charge is 0.493 e. The van der Waals surface area contributed by atoms with E-state index in [2.05, 4.69) is 21.4 Å². The Labute approximate surface area is 203 Å². The van der Waals surface area contributed by atoms with Gasteiger partial charge in [-0.25, -0.2) is 0 Å². The average molecular weight is 542 g/mol. The quantitative estimate of drug-likeness (QED) is 0.388. The summed E-state index contributed by atoms with van der Waals surface area (Å²) < 4.78 is 12.1. The Hall–Kier alpha value is -2.07. The van der Waals surface area contributed by atoms with Gasteiger partial charge in [0.1, 0.15) is 0 Å². The second-order valence-corrected chi connectivity index (χ2v) is 9.63. The molecule has 1 aliphatic heterocycles. The van der Waals surface area contributed by atoms with Gasteiger partial charge in [0, 0.05) is 10.6 Å². The SMILES string of the molecule is COc1cc(/C=C2\SC(=S)N(NC(=O)c3ccc(Cl)cc3)C2=O)cc(Br)c1OC(C)C. The van der Waals surface area contributed by atoms with Gasteiger partial charge in [-0.2, -0.15) is 5.01 Å². The maximum atomic E-state index is 12.8. The van der Waals surface area contributed by atoms with E-state index in [0.717, 1.165) is 16.8 Å². The van der Waals surface area contributed by atoms with Crippen LogP contribution in [0.3, 0.4) is 0 Å². The number of carbonyl (C=O) groups excluding carboxylic acids is 2. The predicted molar refractivity (Wildman–Crippen MR) is 130 cm³/mol. The molecule has 1 N–H and O–H groups in total. The third-order valence-electron chi connectivity index (χ3n) is 4.02. The number of hydrogen-bond acceptors (Lipinski definition) is 6. The number of benzene rings is 2. The summed E-state index contributed by atoms with van der Waals surface area (Å²) in [4.78, 5) is 25.7. The summed E-state index contributed by atoms with van der Waals surface area (Å²) >= 11 is 15.7. The van der Waals surface area contributed by atoms with Crippen LogP contribution in [-0.4, -0.2) is 34.4 Å². The summed E-state index contributed by atoms with van der Waals surface area (Å²) in [5.41, 5.74) is 3.61. The fourth-order valence-electron chi connectivity index (χ4n) is 2.66. The van der Waals surface area contributed by atoms with Crippen LogP contribution in [0.15, 0.2) is 45.8 Å². The first-order valence-electron chi connectivity index (χ1n) is 9.08. The van der Waals surface area contributed by atoms with Crippen molar-refractivity contribution in [3.8, 4) is 11.5 Å². The summed E-state index contributed by atoms with van der Waals surface area (Å²) in [6.07, 6.45) is 1.65. The van der Waals surface area contributed by atoms with Gasteiger partial charge >= 0.3 is 0 Å². The van der Waals surface area contributed by atoms with Crippen molar-refractivity contribution >= 4 is 73.7 Å². The predicted octanol–water partition coefficient (Wildman–Crippen LogP) is 5.44. The van der Waals surface area contributed by atoms with Crippen LogP contribution in [0.2, 0.25) is 5.02 Å². The monoisotopic (exact) mass is 540 g/mol. The summed E-state index contributed by atoms with van der Waals surface area (Å²) in [7, 11) is 1.55. The molecule has 2 aromatic carbocycles. The molecule has 0 aromatic heterocycles. The van der Waals surface area contributed by atoms with Gasteiger partial charge in [0.05, 0.1) is 22.6 Å². The third kappa shape index (κ3) is 5.60. The summed E-state index contributed by atoms with van der Waals surface area (Å²) in [6.45, 7) is 3.84. The first-order chi connectivity index (χ1) is 14.7. The number of nitrogens with one attached hydrogen (secondary N) is 1. The third-order valence-corrected chi connectivity index (χ3v) is 6.16. The molecule has 1 aliphatic rings. The molecule has 3 rings (SSSR count). The Bertz CT molecular complexity index is 1070. The summed E-state index contributed by atoms with van der Waals surface area (Å²) in [5, 5.41) is 1.57. The van der Waals surface area contributed by atoms with Crippen LogP contribution < -0.4 is 14.9 Å². The number of thiocarbonyl (C=S) groups is 1. The molecule has 1 fully saturated rings. The lowest BCUT2D eigenvalue weighted by Gasteiger charge is -2.16. The molecule has 1 saturated heterocycles. The standard InChI is InChI=1S/C21H18BrClN2O4S2/c1-11(2)29-18-15(22)8-12(9-16(18)28-3)10-17-20(27)25(21(30)31-17)24-19(26)13-4-6-14(23)7-5-13/h4-11H,1-3H3,(H,24,26)/b17-10-. The Morgan fingerprint density at radius 2 is 1.97 bits per heavy atom. The number of nitrogens with zero attached hydrogens (tertiary/aromatic N) is 1. The fraction of sp³-hybridized carbons (Fsp3) is 0.190. The van der Waals surface area contributed by atoms with Crippen LogP contribution >= 0.6 is 51.5 Å². The van der Waals surface area contributed by atoms with E-state index in [-0.39, 0.29) is 10.4 Å². The zero-order valence-electron chi connectivity index (χ0n) is 16.8. The van der Waals surface area contributed by atoms with E-state index >= 15 is 0 Å². The number of halogens is 2. The zero-order chi connectivity index (χ0) is 22.7. The highest BCUT2D eigenvalue weighted by atomic mass is 79.9. The molecule has 0 atom stereocenters. The van der Waals surface area contributed by atoms with Crippen molar-refractivity contribution in [1.82, 2.24) is 10.4 Å². The maximum absolute atomic E-state index is 12.8. The highest BCUT2D eigenvalue weighted by molar-refractivity contribution is 9.10. The van der Waals surface area contributed by atoms with E-state index in [9.17, 15) is 9.59 Å². The first kappa shape index (κ1) is 23.6. The molecule has 1 heterocycles. The Morgan fingerprint density at radius 1 is 1.29 bits per heavy atom. The molecule has 10 heteroatoms. The molecular formula is C21H18BrClN2O4S2. The van der Waals surface area contributed by atoms with Gasteiger partial charge in [-0.1, -0.05) is 23.4 Å². The van der Waals surface area contributed by atoms with Gasteiger partial charge in [0.15, 0.2) is 15.8 Å². The lowest BCUT2D eigenvalue weighted by Crippen LogP contribution is -2.44. The molecular weight excluding hydrogens is 524 g/mol. The second-order valence-electron chi connectivity index (χ2n) is 6.67. The summed E-state index contributed by atoms with van der Waals surface area (Å²) in [5.74, 6) is 0.224. The van der Waals surface area contributed by atoms with Crippen LogP contribution in [0.5, 0.6) is 11.5 Å². The number of amides is 2. The van der Waals surface area contributed by atoms with E-state index in [1.807, 2.05) is 19.9 Å². The van der Waals surface area contributed by atoms with E-state index < -0.39 is 11.8 Å². The van der Waals surface area contributed by atoms with Gasteiger partial charge in [0.25, 0.3) is 11.8 Å². The smallest absolute Gasteiger partial charge is 0.285 e. The topological polar surface area (TPSA) is 67.9 Å². The number of hydrazine groups is 1. The second kappa shape index (κ2) is 10.0. The van der Waals surface area contributed by atoms with E-state index in [1.165, 1.54) is 0 Å². The molecule has 6 nitrogen and oxygen atoms in total. The van der Waals surface area contributed by atoms with E-state index in [0.29, 0.717) is 37.0 Å². The highest BCUT2D eigenvalue weighted by Crippen LogP contribution is 2.39. The molecule has 0 unspecified atom stereocenters. The molecule has 162 valence electrons. The molecule has 0 radical (unpaired) electrons. The number of methoxy groups -OCH3 is 1. The number of ether oxygens (including phenoxy) is 2. The van der Waals surface area contributed by atoms with Crippen LogP contribution in [0.1, 0.15) is 29.8 Å². The van der Waals surface area contributed by atoms with Crippen LogP contribution in [0.25, 0.3) is 6.08 Å². The van der Waals surface area contributed by atoms with Crippen LogP contribution in [0.4, 0.5) is 0 Å². The number of carbonyl (C=O) groups is 2. The van der Waals surface area contributed by atoms with E-state index in [1.54, 1.807) is 43.5 Å². The molecule has 2 amide bonds. The molecule has 0 aliphatic carbocycles. The number of hydrogen-bond donors (Lipinski definition) is 1. The Morgan fingerprint density at radius 3 is 2.58 bits per heavy atom. The van der Waals surface area contributed by atoms with Crippen LogP contribution in [0, 0.1) is 0 Å². The minimum Gasteiger partial charge on any atom is -0.493 e. The van der Waals surface area contributed by atoms with Crippen molar-refractivity contribution in [1.29, 1.82) is 0 Å². The number of thioether (sulfide) groups is 1. The van der Waals surface area contributed by atoms with Crippen molar-refractivity contribution in [2.24, 2.45) is 0 Å². The van der Waals surface area contributed by atoms with Gasteiger partial charge in [-0.3, -0.25) is 15.0 Å². The maximum Gasteiger partial charge on any atom is 0.285 e.